The highest BCUT2D eigenvalue weighted by Crippen LogP contribution is 2.40. The van der Waals surface area contributed by atoms with Gasteiger partial charge in [0.05, 0.1) is 21.2 Å². The van der Waals surface area contributed by atoms with Gasteiger partial charge in [-0.15, -0.1) is 0 Å². The summed E-state index contributed by atoms with van der Waals surface area (Å²) in [5.74, 6) is -0.644. The Labute approximate surface area is 156 Å². The maximum atomic E-state index is 13.2. The van der Waals surface area contributed by atoms with Gasteiger partial charge in [-0.2, -0.15) is 13.2 Å². The van der Waals surface area contributed by atoms with Crippen molar-refractivity contribution in [3.63, 3.8) is 0 Å². The first-order valence-corrected chi connectivity index (χ1v) is 9.00. The lowest BCUT2D eigenvalue weighted by molar-refractivity contribution is -0.137. The van der Waals surface area contributed by atoms with Crippen molar-refractivity contribution >= 4 is 46.3 Å². The number of nitrogens with one attached hydrogen (secondary N) is 1. The maximum absolute atomic E-state index is 13.2. The summed E-state index contributed by atoms with van der Waals surface area (Å²) in [6, 6.07) is 1.69. The Balaban J connectivity index is 2.12. The molecule has 2 aliphatic heterocycles. The zero-order chi connectivity index (χ0) is 19.1. The monoisotopic (exact) mass is 405 g/mol. The van der Waals surface area contributed by atoms with Crippen molar-refractivity contribution in [2.24, 2.45) is 5.73 Å². The number of imide groups is 1. The molecule has 0 bridgehead atoms. The number of nitrogens with zero attached hydrogens (tertiary/aromatic N) is 1. The number of hydrogen-bond donors (Lipinski definition) is 2. The van der Waals surface area contributed by atoms with Crippen LogP contribution in [0.3, 0.4) is 0 Å². The number of halogens is 4. The van der Waals surface area contributed by atoms with E-state index in [1.54, 1.807) is 0 Å². The van der Waals surface area contributed by atoms with E-state index in [1.165, 1.54) is 6.08 Å². The molecule has 2 amide bonds. The predicted molar refractivity (Wildman–Crippen MR) is 95.0 cm³/mol. The Morgan fingerprint density at radius 3 is 2.65 bits per heavy atom. The molecule has 1 atom stereocenters. The van der Waals surface area contributed by atoms with Gasteiger partial charge >= 0.3 is 6.18 Å². The number of carbonyl (C=O) groups is 2. The number of thioether (sulfide) groups is 1. The van der Waals surface area contributed by atoms with E-state index in [0.29, 0.717) is 30.5 Å². The molecule has 2 heterocycles. The van der Waals surface area contributed by atoms with Crippen molar-refractivity contribution in [2.75, 3.05) is 18.0 Å². The lowest BCUT2D eigenvalue weighted by Gasteiger charge is -2.34. The molecule has 0 aliphatic carbocycles. The van der Waals surface area contributed by atoms with E-state index in [2.05, 4.69) is 5.32 Å². The molecule has 0 radical (unpaired) electrons. The van der Waals surface area contributed by atoms with Crippen molar-refractivity contribution < 1.29 is 22.8 Å². The van der Waals surface area contributed by atoms with Gasteiger partial charge in [0.15, 0.2) is 0 Å². The summed E-state index contributed by atoms with van der Waals surface area (Å²) in [5.41, 5.74) is 5.57. The second kappa shape index (κ2) is 7.13. The highest BCUT2D eigenvalue weighted by Gasteiger charge is 2.34. The van der Waals surface area contributed by atoms with Gasteiger partial charge in [0.25, 0.3) is 11.1 Å². The summed E-state index contributed by atoms with van der Waals surface area (Å²) in [6.07, 6.45) is -1.73. The highest BCUT2D eigenvalue weighted by atomic mass is 35.5. The van der Waals surface area contributed by atoms with Crippen molar-refractivity contribution in [3.05, 3.63) is 33.2 Å². The third-order valence-corrected chi connectivity index (χ3v) is 5.22. The summed E-state index contributed by atoms with van der Waals surface area (Å²) >= 11 is 6.82. The van der Waals surface area contributed by atoms with Crippen LogP contribution in [-0.4, -0.2) is 30.3 Å². The van der Waals surface area contributed by atoms with Crippen molar-refractivity contribution in [3.8, 4) is 0 Å². The highest BCUT2D eigenvalue weighted by molar-refractivity contribution is 8.18. The average Bonchev–Trinajstić information content (AvgIpc) is 2.83. The number of hydrogen-bond acceptors (Lipinski definition) is 5. The molecule has 10 heteroatoms. The van der Waals surface area contributed by atoms with Gasteiger partial charge in [-0.1, -0.05) is 11.6 Å². The minimum Gasteiger partial charge on any atom is -0.368 e. The fourth-order valence-electron chi connectivity index (χ4n) is 3.00. The van der Waals surface area contributed by atoms with Crippen LogP contribution in [0.4, 0.5) is 23.7 Å². The first kappa shape index (κ1) is 19.1. The van der Waals surface area contributed by atoms with Gasteiger partial charge in [-0.3, -0.25) is 14.9 Å². The summed E-state index contributed by atoms with van der Waals surface area (Å²) < 4.78 is 39.6. The van der Waals surface area contributed by atoms with Gasteiger partial charge < -0.3 is 10.6 Å². The van der Waals surface area contributed by atoms with Crippen LogP contribution in [-0.2, 0) is 11.0 Å². The summed E-state index contributed by atoms with van der Waals surface area (Å²) in [4.78, 5) is 25.0. The lowest BCUT2D eigenvalue weighted by Crippen LogP contribution is -2.43. The van der Waals surface area contributed by atoms with Crippen molar-refractivity contribution in [2.45, 2.75) is 25.1 Å². The Bertz CT molecular complexity index is 798. The minimum atomic E-state index is -4.59. The fraction of sp³-hybridized carbons (Fsp3) is 0.375. The van der Waals surface area contributed by atoms with Gasteiger partial charge in [0.2, 0.25) is 0 Å². The SMILES string of the molecule is N[C@@H]1CCCN(c2c(Cl)cc(C(F)(F)F)cc2/C=C2/SC(=O)NC2=O)C1. The molecule has 5 nitrogen and oxygen atoms in total. The van der Waals surface area contributed by atoms with Crippen molar-refractivity contribution in [1.29, 1.82) is 0 Å². The van der Waals surface area contributed by atoms with Crippen LogP contribution in [0.1, 0.15) is 24.0 Å². The van der Waals surface area contributed by atoms with Crippen LogP contribution >= 0.6 is 23.4 Å². The number of carbonyl (C=O) groups excluding carboxylic acids is 2. The zero-order valence-corrected chi connectivity index (χ0v) is 15.0. The second-order valence-electron chi connectivity index (χ2n) is 6.09. The molecular formula is C16H15ClF3N3O2S. The average molecular weight is 406 g/mol. The van der Waals surface area contributed by atoms with Gasteiger partial charge in [0, 0.05) is 24.7 Å². The Kier molecular flexibility index (Phi) is 5.23. The topological polar surface area (TPSA) is 75.4 Å². The third kappa shape index (κ3) is 3.99. The quantitative estimate of drug-likeness (QED) is 0.735. The van der Waals surface area contributed by atoms with Gasteiger partial charge in [-0.25, -0.2) is 0 Å². The first-order valence-electron chi connectivity index (χ1n) is 7.81. The molecule has 2 fully saturated rings. The van der Waals surface area contributed by atoms with E-state index in [4.69, 9.17) is 17.3 Å². The molecule has 3 N–H and O–H groups in total. The van der Waals surface area contributed by atoms with Crippen LogP contribution in [0, 0.1) is 0 Å². The van der Waals surface area contributed by atoms with E-state index in [0.717, 1.165) is 25.0 Å². The van der Waals surface area contributed by atoms with Crippen LogP contribution in [0.15, 0.2) is 17.0 Å². The number of alkyl halides is 3. The molecule has 1 aromatic carbocycles. The molecule has 3 rings (SSSR count). The summed E-state index contributed by atoms with van der Waals surface area (Å²) in [6.45, 7) is 1.03. The van der Waals surface area contributed by atoms with Crippen LogP contribution in [0.5, 0.6) is 0 Å². The van der Waals surface area contributed by atoms with Gasteiger partial charge in [-0.05, 0) is 42.8 Å². The van der Waals surface area contributed by atoms with Crippen LogP contribution in [0.2, 0.25) is 5.02 Å². The van der Waals surface area contributed by atoms with Gasteiger partial charge in [0.1, 0.15) is 0 Å². The molecule has 2 saturated heterocycles. The van der Waals surface area contributed by atoms with Crippen molar-refractivity contribution in [1.82, 2.24) is 5.32 Å². The molecule has 26 heavy (non-hydrogen) atoms. The first-order chi connectivity index (χ1) is 12.1. The lowest BCUT2D eigenvalue weighted by atomic mass is 10.0. The standard InChI is InChI=1S/C16H15ClF3N3O2S/c17-11-6-9(16(18,19)20)4-8(5-12-14(24)22-15(25)26-12)13(11)23-3-1-2-10(21)7-23/h4-6,10H,1-3,7,21H2,(H,22,24,25)/b12-5+/t10-/m1/s1. The fourth-order valence-corrected chi connectivity index (χ4v) is 4.02. The number of piperidine rings is 1. The molecule has 1 aromatic rings. The number of amides is 2. The Morgan fingerprint density at radius 1 is 1.35 bits per heavy atom. The number of anilines is 1. The third-order valence-electron chi connectivity index (χ3n) is 4.12. The van der Waals surface area contributed by atoms with Crippen LogP contribution < -0.4 is 16.0 Å². The molecule has 140 valence electrons. The molecular weight excluding hydrogens is 391 g/mol. The Hall–Kier alpha value is -1.71. The van der Waals surface area contributed by atoms with E-state index < -0.39 is 22.9 Å². The smallest absolute Gasteiger partial charge is 0.368 e. The molecule has 2 aliphatic rings. The molecule has 0 unspecified atom stereocenters. The summed E-state index contributed by atoms with van der Waals surface area (Å²) in [7, 11) is 0. The molecule has 0 saturated carbocycles. The van der Waals surface area contributed by atoms with E-state index in [9.17, 15) is 22.8 Å². The van der Waals surface area contributed by atoms with Crippen LogP contribution in [0.25, 0.3) is 6.08 Å². The number of nitrogens with two attached hydrogens (primary N) is 1. The van der Waals surface area contributed by atoms with E-state index in [-0.39, 0.29) is 21.5 Å². The molecule has 0 spiro atoms. The summed E-state index contributed by atoms with van der Waals surface area (Å²) in [5, 5.41) is 1.44. The van der Waals surface area contributed by atoms with E-state index >= 15 is 0 Å². The maximum Gasteiger partial charge on any atom is 0.416 e. The zero-order valence-electron chi connectivity index (χ0n) is 13.4. The largest absolute Gasteiger partial charge is 0.416 e. The normalized spacial score (nSPS) is 22.9. The second-order valence-corrected chi connectivity index (χ2v) is 7.52. The number of benzene rings is 1. The Morgan fingerprint density at radius 2 is 2.08 bits per heavy atom. The number of rotatable bonds is 2. The molecule has 0 aromatic heterocycles. The van der Waals surface area contributed by atoms with E-state index in [1.807, 2.05) is 4.90 Å². The minimum absolute atomic E-state index is 0.0212. The predicted octanol–water partition coefficient (Wildman–Crippen LogP) is 3.61.